The van der Waals surface area contributed by atoms with Gasteiger partial charge in [-0.1, -0.05) is 48.9 Å². The van der Waals surface area contributed by atoms with E-state index in [-0.39, 0.29) is 17.3 Å². The predicted octanol–water partition coefficient (Wildman–Crippen LogP) is 3.51. The van der Waals surface area contributed by atoms with Gasteiger partial charge >= 0.3 is 0 Å². The summed E-state index contributed by atoms with van der Waals surface area (Å²) in [5, 5.41) is 9.04. The van der Waals surface area contributed by atoms with E-state index >= 15 is 0 Å². The molecule has 0 atom stereocenters. The smallest absolute Gasteiger partial charge is 0.184 e. The molecule has 90 valence electrons. The summed E-state index contributed by atoms with van der Waals surface area (Å²) in [7, 11) is 0. The Balaban J connectivity index is 2.20. The van der Waals surface area contributed by atoms with E-state index in [9.17, 15) is 4.79 Å². The van der Waals surface area contributed by atoms with Gasteiger partial charge in [-0.2, -0.15) is 5.26 Å². The lowest BCUT2D eigenvalue weighted by molar-refractivity contribution is -0.118. The normalized spacial score (nSPS) is 14.6. The van der Waals surface area contributed by atoms with Crippen LogP contribution in [0.4, 0.5) is 0 Å². The fourth-order valence-electron chi connectivity index (χ4n) is 2.26. The van der Waals surface area contributed by atoms with Crippen molar-refractivity contribution in [1.29, 1.82) is 5.26 Å². The molecule has 0 N–H and O–H groups in total. The number of benzene rings is 1. The lowest BCUT2D eigenvalue weighted by atomic mass is 9.97. The van der Waals surface area contributed by atoms with E-state index in [2.05, 4.69) is 5.73 Å². The average Bonchev–Trinajstić information content (AvgIpc) is 2.94. The molecule has 0 aliphatic heterocycles. The monoisotopic (exact) mass is 237 g/mol. The molecule has 1 aliphatic rings. The van der Waals surface area contributed by atoms with Crippen LogP contribution in [0.25, 0.3) is 6.08 Å². The number of ketones is 1. The third-order valence-corrected chi connectivity index (χ3v) is 3.27. The Bertz CT molecular complexity index is 524. The minimum absolute atomic E-state index is 0.0383. The first-order chi connectivity index (χ1) is 8.81. The van der Waals surface area contributed by atoms with Crippen LogP contribution in [0.1, 0.15) is 31.2 Å². The number of nitrogens with zero attached hydrogens (tertiary/aromatic N) is 1. The molecule has 0 bridgehead atoms. The third kappa shape index (κ3) is 2.97. The molecule has 2 heteroatoms. The van der Waals surface area contributed by atoms with E-state index < -0.39 is 0 Å². The number of Topliss-reactive ketones (excluding diaryl/α,β-unsaturated/α-hetero) is 1. The lowest BCUT2D eigenvalue weighted by Crippen LogP contribution is -2.11. The van der Waals surface area contributed by atoms with Crippen molar-refractivity contribution in [2.45, 2.75) is 25.7 Å². The van der Waals surface area contributed by atoms with Crippen LogP contribution in [0, 0.1) is 17.2 Å². The Morgan fingerprint density at radius 1 is 1.22 bits per heavy atom. The Kier molecular flexibility index (Phi) is 4.12. The predicted molar refractivity (Wildman–Crippen MR) is 70.5 cm³/mol. The van der Waals surface area contributed by atoms with Crippen LogP contribution in [0.3, 0.4) is 0 Å². The molecule has 2 rings (SSSR count). The van der Waals surface area contributed by atoms with Crippen LogP contribution >= 0.6 is 0 Å². The van der Waals surface area contributed by atoms with E-state index in [4.69, 9.17) is 5.26 Å². The Morgan fingerprint density at radius 2 is 1.89 bits per heavy atom. The van der Waals surface area contributed by atoms with Crippen LogP contribution in [0.2, 0.25) is 0 Å². The zero-order chi connectivity index (χ0) is 12.8. The molecule has 0 spiro atoms. The maximum Gasteiger partial charge on any atom is 0.184 e. The molecule has 0 saturated heterocycles. The van der Waals surface area contributed by atoms with Crippen LogP contribution in [0.15, 0.2) is 41.6 Å². The lowest BCUT2D eigenvalue weighted by Gasteiger charge is -2.03. The van der Waals surface area contributed by atoms with Crippen LogP contribution < -0.4 is 0 Å². The quantitative estimate of drug-likeness (QED) is 0.458. The maximum atomic E-state index is 12.1. The van der Waals surface area contributed by atoms with Crippen LogP contribution in [0.5, 0.6) is 0 Å². The highest BCUT2D eigenvalue weighted by molar-refractivity contribution is 6.01. The molecule has 18 heavy (non-hydrogen) atoms. The zero-order valence-electron chi connectivity index (χ0n) is 10.2. The van der Waals surface area contributed by atoms with Crippen molar-refractivity contribution >= 4 is 11.9 Å². The van der Waals surface area contributed by atoms with Crippen molar-refractivity contribution in [3.8, 4) is 6.07 Å². The number of carbonyl (C=O) groups is 1. The number of hydrogen-bond acceptors (Lipinski definition) is 2. The van der Waals surface area contributed by atoms with Gasteiger partial charge in [-0.15, -0.1) is 0 Å². The molecule has 1 aliphatic carbocycles. The molecule has 0 radical (unpaired) electrons. The molecule has 0 aromatic heterocycles. The molecule has 1 fully saturated rings. The second kappa shape index (κ2) is 6.00. The first kappa shape index (κ1) is 12.4. The van der Waals surface area contributed by atoms with Gasteiger partial charge in [0.1, 0.15) is 11.6 Å². The van der Waals surface area contributed by atoms with Crippen molar-refractivity contribution in [1.82, 2.24) is 0 Å². The Labute approximate surface area is 107 Å². The number of nitriles is 1. The van der Waals surface area contributed by atoms with E-state index in [1.165, 1.54) is 0 Å². The van der Waals surface area contributed by atoms with Crippen LogP contribution in [-0.4, -0.2) is 5.78 Å². The molecule has 0 unspecified atom stereocenters. The summed E-state index contributed by atoms with van der Waals surface area (Å²) in [4.78, 5) is 12.1. The number of carbonyl (C=O) groups excluding carboxylic acids is 1. The summed E-state index contributed by atoms with van der Waals surface area (Å²) < 4.78 is 0. The van der Waals surface area contributed by atoms with Gasteiger partial charge in [-0.25, -0.2) is 0 Å². The van der Waals surface area contributed by atoms with E-state index in [1.807, 2.05) is 36.4 Å². The van der Waals surface area contributed by atoms with Gasteiger partial charge < -0.3 is 0 Å². The maximum absolute atomic E-state index is 12.1. The van der Waals surface area contributed by atoms with Gasteiger partial charge in [-0.3, -0.25) is 4.79 Å². The minimum Gasteiger partial charge on any atom is -0.292 e. The average molecular weight is 237 g/mol. The zero-order valence-corrected chi connectivity index (χ0v) is 10.2. The summed E-state index contributed by atoms with van der Waals surface area (Å²) in [5.41, 5.74) is 3.95. The Morgan fingerprint density at radius 3 is 2.50 bits per heavy atom. The van der Waals surface area contributed by atoms with Crippen molar-refractivity contribution in [2.24, 2.45) is 5.92 Å². The highest BCUT2D eigenvalue weighted by Gasteiger charge is 2.25. The first-order valence-electron chi connectivity index (χ1n) is 6.27. The second-order valence-electron chi connectivity index (χ2n) is 4.53. The molecule has 0 heterocycles. The van der Waals surface area contributed by atoms with E-state index in [0.717, 1.165) is 31.2 Å². The minimum atomic E-state index is -0.0396. The summed E-state index contributed by atoms with van der Waals surface area (Å²) >= 11 is 0. The molecular formula is C16H15NO. The molecule has 1 saturated carbocycles. The molecule has 0 amide bonds. The highest BCUT2D eigenvalue weighted by atomic mass is 16.1. The number of allylic oxidation sites excluding steroid dienone is 1. The molecule has 2 nitrogen and oxygen atoms in total. The highest BCUT2D eigenvalue weighted by Crippen LogP contribution is 2.27. The fraction of sp³-hybridized carbons (Fsp3) is 0.312. The topological polar surface area (TPSA) is 40.9 Å². The SMILES string of the molecule is N#CC(=C=Cc1ccccc1)C(=O)C1CCCC1. The van der Waals surface area contributed by atoms with Gasteiger partial charge in [0, 0.05) is 5.92 Å². The fourth-order valence-corrected chi connectivity index (χ4v) is 2.26. The van der Waals surface area contributed by atoms with E-state index in [0.29, 0.717) is 0 Å². The van der Waals surface area contributed by atoms with Crippen molar-refractivity contribution in [3.05, 3.63) is 47.2 Å². The standard InChI is InChI=1S/C16H15NO/c17-12-15(16(18)14-8-4-5-9-14)11-10-13-6-2-1-3-7-13/h1-3,6-7,10,14H,4-5,8-9H2. The molecular weight excluding hydrogens is 222 g/mol. The molecule has 1 aromatic rings. The number of rotatable bonds is 3. The third-order valence-electron chi connectivity index (χ3n) is 3.27. The van der Waals surface area contributed by atoms with Gasteiger partial charge in [0.25, 0.3) is 0 Å². The largest absolute Gasteiger partial charge is 0.292 e. The first-order valence-corrected chi connectivity index (χ1v) is 6.27. The van der Waals surface area contributed by atoms with Crippen molar-refractivity contribution < 1.29 is 4.79 Å². The summed E-state index contributed by atoms with van der Waals surface area (Å²) in [5.74, 6) is -0.00138. The van der Waals surface area contributed by atoms with Gasteiger partial charge in [0.05, 0.1) is 0 Å². The molecule has 1 aromatic carbocycles. The number of hydrogen-bond donors (Lipinski definition) is 0. The van der Waals surface area contributed by atoms with Gasteiger partial charge in [-0.05, 0) is 24.5 Å². The van der Waals surface area contributed by atoms with Gasteiger partial charge in [0.15, 0.2) is 5.78 Å². The Hall–Kier alpha value is -2.10. The summed E-state index contributed by atoms with van der Waals surface area (Å²) in [6.07, 6.45) is 5.72. The van der Waals surface area contributed by atoms with Crippen molar-refractivity contribution in [2.75, 3.05) is 0 Å². The van der Waals surface area contributed by atoms with Crippen LogP contribution in [-0.2, 0) is 4.79 Å². The summed E-state index contributed by atoms with van der Waals surface area (Å²) in [6, 6.07) is 11.6. The summed E-state index contributed by atoms with van der Waals surface area (Å²) in [6.45, 7) is 0. The van der Waals surface area contributed by atoms with Crippen molar-refractivity contribution in [3.63, 3.8) is 0 Å². The second-order valence-corrected chi connectivity index (χ2v) is 4.53. The van der Waals surface area contributed by atoms with Gasteiger partial charge in [0.2, 0.25) is 0 Å². The van der Waals surface area contributed by atoms with E-state index in [1.54, 1.807) is 6.08 Å².